The molecule has 0 aromatic heterocycles. The van der Waals surface area contributed by atoms with Crippen LogP contribution in [0.1, 0.15) is 13.8 Å². The van der Waals surface area contributed by atoms with Crippen molar-refractivity contribution in [3.63, 3.8) is 0 Å². The fourth-order valence-electron chi connectivity index (χ4n) is 1.83. The topological polar surface area (TPSA) is 105 Å². The molecule has 108 valence electrons. The fourth-order valence-corrected chi connectivity index (χ4v) is 1.83. The SMILES string of the molecule is CO/N=C(\C)C1(ONC(=O)OC)C(C)=NN(C)C1O. The van der Waals surface area contributed by atoms with Gasteiger partial charge in [0.25, 0.3) is 0 Å². The van der Waals surface area contributed by atoms with Crippen LogP contribution < -0.4 is 5.48 Å². The van der Waals surface area contributed by atoms with E-state index in [0.29, 0.717) is 11.4 Å². The van der Waals surface area contributed by atoms with Crippen molar-refractivity contribution in [1.29, 1.82) is 0 Å². The van der Waals surface area contributed by atoms with Crippen molar-refractivity contribution < 1.29 is 24.3 Å². The smallest absolute Gasteiger partial charge is 0.431 e. The minimum absolute atomic E-state index is 0.296. The summed E-state index contributed by atoms with van der Waals surface area (Å²) in [7, 11) is 4.12. The summed E-state index contributed by atoms with van der Waals surface area (Å²) in [6.45, 7) is 3.23. The van der Waals surface area contributed by atoms with Gasteiger partial charge in [-0.15, -0.1) is 0 Å². The van der Waals surface area contributed by atoms with Gasteiger partial charge in [0.15, 0.2) is 6.23 Å². The van der Waals surface area contributed by atoms with Crippen LogP contribution in [0, 0.1) is 0 Å². The third kappa shape index (κ3) is 2.61. The lowest BCUT2D eigenvalue weighted by Gasteiger charge is -2.32. The summed E-state index contributed by atoms with van der Waals surface area (Å²) < 4.78 is 4.41. The van der Waals surface area contributed by atoms with Gasteiger partial charge >= 0.3 is 6.09 Å². The zero-order chi connectivity index (χ0) is 14.6. The van der Waals surface area contributed by atoms with Gasteiger partial charge in [-0.05, 0) is 13.8 Å². The van der Waals surface area contributed by atoms with Crippen molar-refractivity contribution in [3.05, 3.63) is 0 Å². The second-order valence-electron chi connectivity index (χ2n) is 3.92. The molecule has 0 saturated heterocycles. The van der Waals surface area contributed by atoms with Crippen molar-refractivity contribution in [2.75, 3.05) is 21.3 Å². The Hall–Kier alpha value is -1.87. The minimum atomic E-state index is -1.43. The largest absolute Gasteiger partial charge is 0.451 e. The maximum Gasteiger partial charge on any atom is 0.431 e. The standard InChI is InChI=1S/C10H18N4O5/c1-6-10(7(2)12-18-5,8(15)14(3)11-6)19-13-9(16)17-4/h8,15H,1-5H3,(H,13,16)/b12-7+. The minimum Gasteiger partial charge on any atom is -0.451 e. The van der Waals surface area contributed by atoms with Gasteiger partial charge in [-0.25, -0.2) is 9.63 Å². The van der Waals surface area contributed by atoms with Crippen molar-refractivity contribution in [1.82, 2.24) is 10.5 Å². The number of nitrogens with zero attached hydrogens (tertiary/aromatic N) is 3. The Balaban J connectivity index is 3.08. The Morgan fingerprint density at radius 3 is 2.63 bits per heavy atom. The Bertz CT molecular complexity index is 411. The van der Waals surface area contributed by atoms with E-state index < -0.39 is 17.9 Å². The molecule has 2 atom stereocenters. The zero-order valence-corrected chi connectivity index (χ0v) is 11.5. The first-order valence-corrected chi connectivity index (χ1v) is 5.47. The Kier molecular flexibility index (Phi) is 4.67. The zero-order valence-electron chi connectivity index (χ0n) is 11.5. The molecule has 0 radical (unpaired) electrons. The number of hydrogen-bond donors (Lipinski definition) is 2. The number of aliphatic hydroxyl groups excluding tert-OH is 1. The van der Waals surface area contributed by atoms with Crippen molar-refractivity contribution in [2.24, 2.45) is 10.3 Å². The summed E-state index contributed by atoms with van der Waals surface area (Å²) in [6, 6.07) is 0. The van der Waals surface area contributed by atoms with Gasteiger partial charge in [0.1, 0.15) is 7.11 Å². The maximum atomic E-state index is 11.1. The van der Waals surface area contributed by atoms with E-state index in [9.17, 15) is 9.90 Å². The number of carbonyl (C=O) groups is 1. The van der Waals surface area contributed by atoms with Gasteiger partial charge in [-0.2, -0.15) is 10.6 Å². The molecule has 1 amide bonds. The highest BCUT2D eigenvalue weighted by Gasteiger charge is 2.53. The average Bonchev–Trinajstić information content (AvgIpc) is 2.59. The first-order valence-electron chi connectivity index (χ1n) is 5.47. The van der Waals surface area contributed by atoms with E-state index in [1.165, 1.54) is 19.2 Å². The fraction of sp³-hybridized carbons (Fsp3) is 0.700. The molecule has 0 fully saturated rings. The molecule has 1 aliphatic rings. The van der Waals surface area contributed by atoms with Crippen LogP contribution in [0.15, 0.2) is 10.3 Å². The highest BCUT2D eigenvalue weighted by molar-refractivity contribution is 6.14. The van der Waals surface area contributed by atoms with Crippen molar-refractivity contribution >= 4 is 17.5 Å². The molecule has 19 heavy (non-hydrogen) atoms. The second-order valence-corrected chi connectivity index (χ2v) is 3.92. The van der Waals surface area contributed by atoms with Crippen molar-refractivity contribution in [3.8, 4) is 0 Å². The van der Waals surface area contributed by atoms with Crippen LogP contribution in [0.3, 0.4) is 0 Å². The lowest BCUT2D eigenvalue weighted by molar-refractivity contribution is -0.116. The molecule has 1 aliphatic heterocycles. The van der Waals surface area contributed by atoms with Crippen LogP contribution >= 0.6 is 0 Å². The lowest BCUT2D eigenvalue weighted by Crippen LogP contribution is -2.59. The predicted molar refractivity (Wildman–Crippen MR) is 66.4 cm³/mol. The number of aliphatic hydroxyl groups is 1. The quantitative estimate of drug-likeness (QED) is 0.537. The Morgan fingerprint density at radius 2 is 2.21 bits per heavy atom. The number of hydrazone groups is 1. The average molecular weight is 274 g/mol. The third-order valence-corrected chi connectivity index (χ3v) is 2.81. The van der Waals surface area contributed by atoms with E-state index in [1.807, 2.05) is 0 Å². The molecule has 0 aromatic carbocycles. The van der Waals surface area contributed by atoms with Crippen molar-refractivity contribution in [2.45, 2.75) is 25.7 Å². The number of amides is 1. The Labute approximate surface area is 110 Å². The van der Waals surface area contributed by atoms with Gasteiger partial charge in [-0.1, -0.05) is 5.16 Å². The molecular formula is C10H18N4O5. The highest BCUT2D eigenvalue weighted by Crippen LogP contribution is 2.28. The first-order chi connectivity index (χ1) is 8.90. The molecule has 1 rings (SSSR count). The number of hydrogen-bond acceptors (Lipinski definition) is 8. The molecule has 0 aliphatic carbocycles. The molecule has 2 N–H and O–H groups in total. The van der Waals surface area contributed by atoms with Crippen LogP contribution in [0.25, 0.3) is 0 Å². The number of methoxy groups -OCH3 is 1. The van der Waals surface area contributed by atoms with E-state index in [-0.39, 0.29) is 0 Å². The molecule has 9 nitrogen and oxygen atoms in total. The van der Waals surface area contributed by atoms with Crippen LogP contribution in [-0.2, 0) is 14.4 Å². The number of hydroxylamine groups is 1. The monoisotopic (exact) mass is 274 g/mol. The molecule has 9 heteroatoms. The predicted octanol–water partition coefficient (Wildman–Crippen LogP) is -0.325. The number of nitrogens with one attached hydrogen (secondary N) is 1. The number of rotatable bonds is 4. The number of oxime groups is 1. The lowest BCUT2D eigenvalue weighted by atomic mass is 9.92. The summed E-state index contributed by atoms with van der Waals surface area (Å²) in [4.78, 5) is 21.1. The van der Waals surface area contributed by atoms with Crippen LogP contribution in [0.2, 0.25) is 0 Å². The highest BCUT2D eigenvalue weighted by atomic mass is 16.7. The van der Waals surface area contributed by atoms with E-state index in [2.05, 4.69) is 25.3 Å². The van der Waals surface area contributed by atoms with E-state index in [4.69, 9.17) is 4.84 Å². The molecule has 1 heterocycles. The van der Waals surface area contributed by atoms with Crippen LogP contribution in [-0.4, -0.2) is 60.7 Å². The number of likely N-dealkylation sites (N-methyl/N-ethyl adjacent to an activating group) is 1. The summed E-state index contributed by atoms with van der Waals surface area (Å²) in [5.41, 5.74) is 1.35. The summed E-state index contributed by atoms with van der Waals surface area (Å²) in [6.07, 6.45) is -1.97. The summed E-state index contributed by atoms with van der Waals surface area (Å²) in [5, 5.41) is 19.3. The molecule has 0 bridgehead atoms. The number of ether oxygens (including phenoxy) is 1. The molecule has 0 spiro atoms. The maximum absolute atomic E-state index is 11.1. The normalized spacial score (nSPS) is 27.1. The molecule has 0 saturated carbocycles. The first kappa shape index (κ1) is 15.2. The van der Waals surface area contributed by atoms with Gasteiger partial charge in [0.2, 0.25) is 5.60 Å². The summed E-state index contributed by atoms with van der Waals surface area (Å²) >= 11 is 0. The third-order valence-electron chi connectivity index (χ3n) is 2.81. The van der Waals surface area contributed by atoms with Crippen LogP contribution in [0.5, 0.6) is 0 Å². The van der Waals surface area contributed by atoms with E-state index in [0.717, 1.165) is 0 Å². The van der Waals surface area contributed by atoms with Crippen LogP contribution in [0.4, 0.5) is 4.79 Å². The molecule has 0 aromatic rings. The van der Waals surface area contributed by atoms with Gasteiger partial charge < -0.3 is 14.7 Å². The van der Waals surface area contributed by atoms with E-state index >= 15 is 0 Å². The van der Waals surface area contributed by atoms with E-state index in [1.54, 1.807) is 20.9 Å². The van der Waals surface area contributed by atoms with Gasteiger partial charge in [0.05, 0.1) is 18.5 Å². The summed E-state index contributed by atoms with van der Waals surface area (Å²) in [5.74, 6) is 0. The Morgan fingerprint density at radius 1 is 1.58 bits per heavy atom. The van der Waals surface area contributed by atoms with Gasteiger partial charge in [-0.3, -0.25) is 5.01 Å². The molecular weight excluding hydrogens is 256 g/mol. The second kappa shape index (κ2) is 5.85. The molecule has 2 unspecified atom stereocenters. The van der Waals surface area contributed by atoms with Gasteiger partial charge in [0, 0.05) is 7.05 Å². The number of carbonyl (C=O) groups excluding carboxylic acids is 1.